The van der Waals surface area contributed by atoms with Crippen molar-refractivity contribution < 1.29 is 14.3 Å². The number of carboxylic acid groups (broad SMARTS) is 1. The van der Waals surface area contributed by atoms with Crippen LogP contribution in [0.25, 0.3) is 0 Å². The number of benzene rings is 1. The Hall–Kier alpha value is -0.740. The summed E-state index contributed by atoms with van der Waals surface area (Å²) < 4.78 is 12.8. The molecule has 1 rings (SSSR count). The second-order valence-corrected chi connectivity index (χ2v) is 4.78. The van der Waals surface area contributed by atoms with Crippen molar-refractivity contribution in [2.75, 3.05) is 0 Å². The van der Waals surface area contributed by atoms with Crippen LogP contribution in [-0.4, -0.2) is 16.3 Å². The summed E-state index contributed by atoms with van der Waals surface area (Å²) in [7, 11) is 0. The Morgan fingerprint density at radius 2 is 2.33 bits per heavy atom. The Kier molecular flexibility index (Phi) is 4.42. The number of carbonyl (C=O) groups is 1. The van der Waals surface area contributed by atoms with Gasteiger partial charge >= 0.3 is 5.97 Å². The van der Waals surface area contributed by atoms with E-state index in [0.717, 1.165) is 5.56 Å². The number of halogens is 2. The molecule has 1 aromatic carbocycles. The van der Waals surface area contributed by atoms with Crippen molar-refractivity contribution in [2.24, 2.45) is 0 Å². The lowest BCUT2D eigenvalue weighted by Gasteiger charge is -2.06. The summed E-state index contributed by atoms with van der Waals surface area (Å²) in [5, 5.41) is 8.24. The van der Waals surface area contributed by atoms with Crippen molar-refractivity contribution in [1.29, 1.82) is 0 Å². The molecule has 0 bridgehead atoms. The fourth-order valence-electron chi connectivity index (χ4n) is 0.922. The van der Waals surface area contributed by atoms with Gasteiger partial charge in [0.2, 0.25) is 0 Å². The Morgan fingerprint density at radius 1 is 1.67 bits per heavy atom. The molecule has 0 aliphatic carbocycles. The maximum atomic E-state index is 12.8. The van der Waals surface area contributed by atoms with Gasteiger partial charge in [0, 0.05) is 5.75 Å². The number of aliphatic carboxylic acids is 1. The lowest BCUT2D eigenvalue weighted by atomic mass is 10.2. The third-order valence-electron chi connectivity index (χ3n) is 1.83. The van der Waals surface area contributed by atoms with Crippen LogP contribution < -0.4 is 0 Å². The molecule has 1 unspecified atom stereocenters. The van der Waals surface area contributed by atoms with Gasteiger partial charge in [0.15, 0.2) is 0 Å². The fraction of sp³-hybridized carbons (Fsp3) is 0.300. The van der Waals surface area contributed by atoms with Crippen molar-refractivity contribution >= 4 is 29.3 Å². The highest BCUT2D eigenvalue weighted by molar-refractivity contribution is 7.99. The smallest absolute Gasteiger partial charge is 0.316 e. The molecule has 0 radical (unpaired) electrons. The van der Waals surface area contributed by atoms with Crippen LogP contribution in [0.5, 0.6) is 0 Å². The molecule has 0 fully saturated rings. The highest BCUT2D eigenvalue weighted by atomic mass is 35.5. The molecular weight excluding hydrogens is 239 g/mol. The highest BCUT2D eigenvalue weighted by Crippen LogP contribution is 2.22. The van der Waals surface area contributed by atoms with E-state index >= 15 is 0 Å². The van der Waals surface area contributed by atoms with Gasteiger partial charge in [0.25, 0.3) is 0 Å². The molecule has 5 heteroatoms. The molecule has 0 aliphatic heterocycles. The first-order valence-corrected chi connectivity index (χ1v) is 5.71. The largest absolute Gasteiger partial charge is 0.480 e. The van der Waals surface area contributed by atoms with E-state index in [0.29, 0.717) is 5.75 Å². The third-order valence-corrected chi connectivity index (χ3v) is 3.32. The molecule has 0 saturated carbocycles. The number of hydrogen-bond acceptors (Lipinski definition) is 2. The second kappa shape index (κ2) is 5.37. The van der Waals surface area contributed by atoms with Crippen molar-refractivity contribution in [3.8, 4) is 0 Å². The molecule has 0 heterocycles. The van der Waals surface area contributed by atoms with E-state index in [1.807, 2.05) is 0 Å². The maximum absolute atomic E-state index is 12.8. The lowest BCUT2D eigenvalue weighted by Crippen LogP contribution is -2.11. The van der Waals surface area contributed by atoms with Gasteiger partial charge in [0.05, 0.1) is 10.3 Å². The Labute approximate surface area is 96.4 Å². The van der Waals surface area contributed by atoms with E-state index in [-0.39, 0.29) is 5.02 Å². The summed E-state index contributed by atoms with van der Waals surface area (Å²) >= 11 is 6.86. The van der Waals surface area contributed by atoms with Crippen molar-refractivity contribution in [3.05, 3.63) is 34.6 Å². The molecule has 1 N–H and O–H groups in total. The van der Waals surface area contributed by atoms with Crippen molar-refractivity contribution in [3.63, 3.8) is 0 Å². The summed E-state index contributed by atoms with van der Waals surface area (Å²) in [6.45, 7) is 1.61. The minimum atomic E-state index is -0.854. The highest BCUT2D eigenvalue weighted by Gasteiger charge is 2.11. The number of rotatable bonds is 4. The summed E-state index contributed by atoms with van der Waals surface area (Å²) in [5.74, 6) is -0.807. The number of hydrogen-bond donors (Lipinski definition) is 1. The summed E-state index contributed by atoms with van der Waals surface area (Å²) in [5.41, 5.74) is 0.819. The van der Waals surface area contributed by atoms with Gasteiger partial charge in [-0.15, -0.1) is 11.8 Å². The van der Waals surface area contributed by atoms with Gasteiger partial charge in [-0.1, -0.05) is 17.7 Å². The predicted octanol–water partition coefficient (Wildman–Crippen LogP) is 3.19. The van der Waals surface area contributed by atoms with Crippen LogP contribution in [0, 0.1) is 5.82 Å². The van der Waals surface area contributed by atoms with Crippen molar-refractivity contribution in [2.45, 2.75) is 17.9 Å². The van der Waals surface area contributed by atoms with Crippen LogP contribution in [0.4, 0.5) is 4.39 Å². The minimum Gasteiger partial charge on any atom is -0.480 e. The van der Waals surface area contributed by atoms with Gasteiger partial charge in [-0.3, -0.25) is 4.79 Å². The average Bonchev–Trinajstić information content (AvgIpc) is 2.19. The zero-order valence-electron chi connectivity index (χ0n) is 8.04. The normalized spacial score (nSPS) is 12.5. The lowest BCUT2D eigenvalue weighted by molar-refractivity contribution is -0.136. The van der Waals surface area contributed by atoms with E-state index in [1.54, 1.807) is 13.0 Å². The van der Waals surface area contributed by atoms with Crippen LogP contribution in [0.3, 0.4) is 0 Å². The number of thioether (sulfide) groups is 1. The van der Waals surface area contributed by atoms with Crippen LogP contribution in [-0.2, 0) is 10.5 Å². The molecule has 0 amide bonds. The van der Waals surface area contributed by atoms with Crippen LogP contribution in [0.15, 0.2) is 18.2 Å². The summed E-state index contributed by atoms with van der Waals surface area (Å²) in [4.78, 5) is 10.5. The molecule has 0 aliphatic rings. The molecule has 0 saturated heterocycles. The number of carboxylic acids is 1. The van der Waals surface area contributed by atoms with Crippen LogP contribution in [0.1, 0.15) is 12.5 Å². The van der Waals surface area contributed by atoms with Gasteiger partial charge < -0.3 is 5.11 Å². The Morgan fingerprint density at radius 3 is 2.87 bits per heavy atom. The molecule has 0 aromatic heterocycles. The van der Waals surface area contributed by atoms with E-state index in [9.17, 15) is 9.18 Å². The molecule has 15 heavy (non-hydrogen) atoms. The topological polar surface area (TPSA) is 37.3 Å². The third kappa shape index (κ3) is 3.72. The first-order valence-electron chi connectivity index (χ1n) is 4.29. The van der Waals surface area contributed by atoms with Crippen LogP contribution >= 0.6 is 23.4 Å². The molecule has 0 spiro atoms. The first kappa shape index (κ1) is 12.3. The second-order valence-electron chi connectivity index (χ2n) is 3.04. The molecular formula is C10H10ClFO2S. The summed E-state index contributed by atoms with van der Waals surface area (Å²) in [6, 6.07) is 4.39. The van der Waals surface area contributed by atoms with Gasteiger partial charge in [-0.25, -0.2) is 4.39 Å². The molecule has 1 aromatic rings. The van der Waals surface area contributed by atoms with E-state index in [2.05, 4.69) is 0 Å². The van der Waals surface area contributed by atoms with Gasteiger partial charge in [0.1, 0.15) is 5.82 Å². The van der Waals surface area contributed by atoms with E-state index in [4.69, 9.17) is 16.7 Å². The zero-order valence-corrected chi connectivity index (χ0v) is 9.61. The van der Waals surface area contributed by atoms with Crippen molar-refractivity contribution in [1.82, 2.24) is 0 Å². The Bertz CT molecular complexity index is 370. The van der Waals surface area contributed by atoms with E-state index in [1.165, 1.54) is 23.9 Å². The van der Waals surface area contributed by atoms with Crippen LogP contribution in [0.2, 0.25) is 5.02 Å². The standard InChI is InChI=1S/C10H10ClFO2S/c1-6(10(13)14)15-5-7-2-3-9(12)8(11)4-7/h2-4,6H,5H2,1H3,(H,13,14). The molecule has 1 atom stereocenters. The average molecular weight is 249 g/mol. The predicted molar refractivity (Wildman–Crippen MR) is 59.8 cm³/mol. The van der Waals surface area contributed by atoms with Gasteiger partial charge in [-0.2, -0.15) is 0 Å². The first-order chi connectivity index (χ1) is 7.00. The Balaban J connectivity index is 2.58. The molecule has 82 valence electrons. The SMILES string of the molecule is CC(SCc1ccc(F)c(Cl)c1)C(=O)O. The zero-order chi connectivity index (χ0) is 11.4. The fourth-order valence-corrected chi connectivity index (χ4v) is 1.89. The maximum Gasteiger partial charge on any atom is 0.316 e. The quantitative estimate of drug-likeness (QED) is 0.889. The monoisotopic (exact) mass is 248 g/mol. The summed E-state index contributed by atoms with van der Waals surface area (Å²) in [6.07, 6.45) is 0. The minimum absolute atomic E-state index is 0.0658. The van der Waals surface area contributed by atoms with Gasteiger partial charge in [-0.05, 0) is 24.6 Å². The van der Waals surface area contributed by atoms with E-state index < -0.39 is 17.0 Å². The molecule has 2 nitrogen and oxygen atoms in total.